The van der Waals surface area contributed by atoms with Crippen LogP contribution in [0, 0.1) is 0 Å². The first kappa shape index (κ1) is 42.6. The molecule has 296 valence electrons. The summed E-state index contributed by atoms with van der Waals surface area (Å²) in [6, 6.07) is 18.5. The predicted octanol–water partition coefficient (Wildman–Crippen LogP) is 7.94. The number of hydrogen-bond acceptors (Lipinski definition) is 16. The van der Waals surface area contributed by atoms with Gasteiger partial charge in [-0.1, -0.05) is 45.4 Å². The Morgan fingerprint density at radius 3 is 1.60 bits per heavy atom. The summed E-state index contributed by atoms with van der Waals surface area (Å²) in [7, 11) is -14.2. The molecule has 0 aliphatic rings. The van der Waals surface area contributed by atoms with Crippen LogP contribution < -0.4 is 0 Å². The number of hydrogen-bond donors (Lipinski definition) is 4. The largest absolute Gasteiger partial charge is 0.295 e. The van der Waals surface area contributed by atoms with E-state index in [1.807, 2.05) is 0 Å². The molecule has 0 heterocycles. The third-order valence-corrected chi connectivity index (χ3v) is 13.5. The van der Waals surface area contributed by atoms with Crippen LogP contribution in [-0.4, -0.2) is 56.4 Å². The summed E-state index contributed by atoms with van der Waals surface area (Å²) < 4.78 is 105. The lowest BCUT2D eigenvalue weighted by atomic mass is 9.99. The summed E-state index contributed by atoms with van der Waals surface area (Å²) >= 11 is 13.7. The first-order valence-electron chi connectivity index (χ1n) is 15.2. The molecule has 0 saturated heterocycles. The lowest BCUT2D eigenvalue weighted by Gasteiger charge is -2.13. The van der Waals surface area contributed by atoms with Gasteiger partial charge in [-0.25, -0.2) is 18.9 Å². The van der Waals surface area contributed by atoms with Gasteiger partial charge in [0.05, 0.1) is 48.8 Å². The molecule has 23 heteroatoms. The summed E-state index contributed by atoms with van der Waals surface area (Å²) in [5, 5.41) is 24.5. The highest BCUT2D eigenvalue weighted by Crippen LogP contribution is 2.36. The van der Waals surface area contributed by atoms with Gasteiger partial charge in [0.15, 0.2) is 11.6 Å². The second-order valence-electron chi connectivity index (χ2n) is 11.6. The van der Waals surface area contributed by atoms with E-state index in [2.05, 4.69) is 18.7 Å². The first-order chi connectivity index (χ1) is 26.8. The van der Waals surface area contributed by atoms with Crippen molar-refractivity contribution < 1.29 is 73.2 Å². The van der Waals surface area contributed by atoms with Crippen LogP contribution in [0.25, 0.3) is 21.5 Å². The average Bonchev–Trinajstić information content (AvgIpc) is 3.17. The van der Waals surface area contributed by atoms with Gasteiger partial charge in [-0.15, -0.1) is 8.67 Å². The van der Waals surface area contributed by atoms with Gasteiger partial charge in [-0.3, -0.25) is 18.7 Å². The highest BCUT2D eigenvalue weighted by Gasteiger charge is 2.26. The molecule has 0 fully saturated rings. The fourth-order valence-corrected chi connectivity index (χ4v) is 9.56. The lowest BCUT2D eigenvalue weighted by molar-refractivity contribution is -0.432. The molecule has 0 bridgehead atoms. The van der Waals surface area contributed by atoms with Crippen molar-refractivity contribution in [2.45, 2.75) is 29.4 Å². The summed E-state index contributed by atoms with van der Waals surface area (Å²) in [5.41, 5.74) is -1.19. The average molecular weight is 916 g/mol. The molecule has 6 aromatic carbocycles. The second kappa shape index (κ2) is 16.7. The van der Waals surface area contributed by atoms with Crippen LogP contribution in [0.4, 0.5) is 0 Å². The standard InChI is InChI=1S/C34H20Cl2O16S5/c35-29-7-3-22(15-27(29)33(37)19-10-18-12-24(56(43,44)45)2-6-25(18)31(13-19)54-52-50-40)55(41,42)23-4-8-30(36)28(16-23)34(38)20-9-17-11-21(53-51-49-39)1-5-26(17)32(14-20)57(46,47)48/h1-16,39-40H,(H,43,44,45)(H,46,47,48). The van der Waals surface area contributed by atoms with Crippen molar-refractivity contribution >= 4 is 110 Å². The monoisotopic (exact) mass is 914 g/mol. The normalized spacial score (nSPS) is 12.3. The van der Waals surface area contributed by atoms with Crippen LogP contribution >= 0.6 is 47.3 Å². The quantitative estimate of drug-likeness (QED) is 0.0266. The van der Waals surface area contributed by atoms with E-state index in [1.165, 1.54) is 42.5 Å². The van der Waals surface area contributed by atoms with Gasteiger partial charge in [0, 0.05) is 37.4 Å². The molecule has 0 aromatic heterocycles. The number of fused-ring (bicyclic) bond motifs is 2. The first-order valence-corrected chi connectivity index (χ1v) is 21.8. The van der Waals surface area contributed by atoms with Gasteiger partial charge >= 0.3 is 0 Å². The van der Waals surface area contributed by atoms with E-state index in [0.29, 0.717) is 29.5 Å². The number of benzene rings is 6. The molecule has 0 unspecified atom stereocenters. The van der Waals surface area contributed by atoms with Gasteiger partial charge in [-0.05, 0) is 101 Å². The minimum absolute atomic E-state index is 0.00728. The van der Waals surface area contributed by atoms with E-state index >= 15 is 0 Å². The number of ketones is 2. The molecule has 6 aromatic rings. The second-order valence-corrected chi connectivity index (χ2v) is 18.7. The minimum Gasteiger partial charge on any atom is -0.289 e. The van der Waals surface area contributed by atoms with E-state index in [-0.39, 0.29) is 58.2 Å². The Morgan fingerprint density at radius 2 is 1.05 bits per heavy atom. The number of sulfone groups is 1. The molecule has 16 nitrogen and oxygen atoms in total. The Kier molecular flexibility index (Phi) is 12.5. The summed E-state index contributed by atoms with van der Waals surface area (Å²) in [6.07, 6.45) is 0. The van der Waals surface area contributed by atoms with Crippen molar-refractivity contribution in [3.8, 4) is 0 Å². The molecular weight excluding hydrogens is 896 g/mol. The Labute approximate surface area is 340 Å². The third-order valence-electron chi connectivity index (χ3n) is 8.17. The molecule has 0 radical (unpaired) electrons. The Bertz CT molecular complexity index is 2980. The Morgan fingerprint density at radius 1 is 0.544 bits per heavy atom. The molecule has 0 atom stereocenters. The van der Waals surface area contributed by atoms with Crippen LogP contribution in [-0.2, 0) is 48.8 Å². The molecule has 57 heavy (non-hydrogen) atoms. The molecule has 0 aliphatic carbocycles. The van der Waals surface area contributed by atoms with E-state index in [9.17, 15) is 43.9 Å². The van der Waals surface area contributed by atoms with Crippen LogP contribution in [0.2, 0.25) is 10.0 Å². The number of rotatable bonds is 14. The molecule has 0 aliphatic heterocycles. The maximum atomic E-state index is 14.0. The summed E-state index contributed by atoms with van der Waals surface area (Å²) in [6.45, 7) is 0. The van der Waals surface area contributed by atoms with Gasteiger partial charge < -0.3 is 0 Å². The maximum Gasteiger partial charge on any atom is 0.295 e. The van der Waals surface area contributed by atoms with E-state index < -0.39 is 61.2 Å². The minimum atomic E-state index is -4.91. The van der Waals surface area contributed by atoms with E-state index in [0.717, 1.165) is 54.6 Å². The van der Waals surface area contributed by atoms with Crippen molar-refractivity contribution in [2.24, 2.45) is 0 Å². The topological polar surface area (TPSA) is 254 Å². The van der Waals surface area contributed by atoms with Gasteiger partial charge in [0.25, 0.3) is 20.2 Å². The number of halogens is 2. The Hall–Kier alpha value is -4.01. The van der Waals surface area contributed by atoms with Crippen molar-refractivity contribution in [2.75, 3.05) is 0 Å². The van der Waals surface area contributed by atoms with Gasteiger partial charge in [0.1, 0.15) is 4.90 Å². The molecule has 0 amide bonds. The third kappa shape index (κ3) is 9.02. The molecule has 4 N–H and O–H groups in total. The van der Waals surface area contributed by atoms with Crippen molar-refractivity contribution in [1.29, 1.82) is 0 Å². The van der Waals surface area contributed by atoms with Crippen LogP contribution in [0.1, 0.15) is 31.8 Å². The van der Waals surface area contributed by atoms with Crippen molar-refractivity contribution in [3.05, 3.63) is 129 Å². The van der Waals surface area contributed by atoms with Crippen LogP contribution in [0.15, 0.2) is 126 Å². The zero-order chi connectivity index (χ0) is 41.4. The SMILES string of the molecule is O=C(c1cc(SOOO)c2ccc(S(=O)(=O)O)cc2c1)c1cc(S(=O)(=O)c2ccc(Cl)c(C(=O)c3cc(S(=O)(=O)O)c4ccc(SOOO)cc4c3)c2)ccc1Cl. The smallest absolute Gasteiger partial charge is 0.289 e. The highest BCUT2D eigenvalue weighted by molar-refractivity contribution is 7.95. The van der Waals surface area contributed by atoms with Crippen molar-refractivity contribution in [3.63, 3.8) is 0 Å². The molecule has 0 saturated carbocycles. The van der Waals surface area contributed by atoms with Crippen molar-refractivity contribution in [1.82, 2.24) is 0 Å². The predicted molar refractivity (Wildman–Crippen MR) is 204 cm³/mol. The van der Waals surface area contributed by atoms with Crippen LogP contribution in [0.5, 0.6) is 0 Å². The van der Waals surface area contributed by atoms with Gasteiger partial charge in [-0.2, -0.15) is 16.8 Å². The number of carbonyl (C=O) groups is 2. The van der Waals surface area contributed by atoms with E-state index in [1.54, 1.807) is 0 Å². The van der Waals surface area contributed by atoms with E-state index in [4.69, 9.17) is 33.7 Å². The zero-order valence-electron chi connectivity index (χ0n) is 27.7. The van der Waals surface area contributed by atoms with Gasteiger partial charge in [0.2, 0.25) is 9.84 Å². The fourth-order valence-electron chi connectivity index (χ4n) is 5.63. The number of carbonyl (C=O) groups excluding carboxylic acids is 2. The Balaban J connectivity index is 1.41. The molecule has 6 rings (SSSR count). The summed E-state index contributed by atoms with van der Waals surface area (Å²) in [5.74, 6) is -1.79. The highest BCUT2D eigenvalue weighted by atomic mass is 35.5. The molecule has 0 spiro atoms. The zero-order valence-corrected chi connectivity index (χ0v) is 33.3. The van der Waals surface area contributed by atoms with Crippen LogP contribution in [0.3, 0.4) is 0 Å². The maximum absolute atomic E-state index is 14.0. The lowest BCUT2D eigenvalue weighted by Crippen LogP contribution is -2.10. The molecular formula is C34H20Cl2O16S5. The summed E-state index contributed by atoms with van der Waals surface area (Å²) in [4.78, 5) is 26.1. The fraction of sp³-hybridized carbons (Fsp3) is 0.